The maximum absolute atomic E-state index is 13.6. The van der Waals surface area contributed by atoms with E-state index in [0.29, 0.717) is 21.6 Å². The number of hydrogen-bond acceptors (Lipinski definition) is 4. The molecule has 1 amide bonds. The van der Waals surface area contributed by atoms with Crippen LogP contribution in [0, 0.1) is 13.8 Å². The van der Waals surface area contributed by atoms with Crippen molar-refractivity contribution in [2.24, 2.45) is 0 Å². The minimum absolute atomic E-state index is 0.158. The minimum Gasteiger partial charge on any atom is -0.325 e. The second kappa shape index (κ2) is 8.48. The highest BCUT2D eigenvalue weighted by atomic mass is 32.1. The van der Waals surface area contributed by atoms with Gasteiger partial charge in [-0.2, -0.15) is 0 Å². The van der Waals surface area contributed by atoms with Crippen LogP contribution in [0.2, 0.25) is 0 Å². The Labute approximate surface area is 195 Å². The third-order valence-electron chi connectivity index (χ3n) is 6.34. The Morgan fingerprint density at radius 1 is 1.00 bits per heavy atom. The zero-order valence-electron chi connectivity index (χ0n) is 18.7. The zero-order chi connectivity index (χ0) is 23.1. The molecule has 168 valence electrons. The molecule has 4 aromatic rings. The van der Waals surface area contributed by atoms with Gasteiger partial charge in [0.1, 0.15) is 11.4 Å². The summed E-state index contributed by atoms with van der Waals surface area (Å²) in [7, 11) is 0. The van der Waals surface area contributed by atoms with Crippen molar-refractivity contribution >= 4 is 33.1 Å². The van der Waals surface area contributed by atoms with Gasteiger partial charge in [0.15, 0.2) is 0 Å². The van der Waals surface area contributed by atoms with E-state index in [1.54, 1.807) is 24.3 Å². The minimum atomic E-state index is -0.493. The summed E-state index contributed by atoms with van der Waals surface area (Å²) in [6.07, 6.45) is 3.83. The van der Waals surface area contributed by atoms with Crippen LogP contribution in [0.25, 0.3) is 15.9 Å². The fourth-order valence-corrected chi connectivity index (χ4v) is 5.85. The Bertz CT molecular complexity index is 1500. The lowest BCUT2D eigenvalue weighted by molar-refractivity contribution is -0.116. The quantitative estimate of drug-likeness (QED) is 0.493. The summed E-state index contributed by atoms with van der Waals surface area (Å²) in [5.41, 5.74) is 3.67. The van der Waals surface area contributed by atoms with Crippen molar-refractivity contribution < 1.29 is 4.79 Å². The first-order chi connectivity index (χ1) is 15.9. The van der Waals surface area contributed by atoms with Gasteiger partial charge in [-0.25, -0.2) is 9.36 Å². The molecule has 0 bridgehead atoms. The molecule has 0 atom stereocenters. The molecule has 0 unspecified atom stereocenters. The van der Waals surface area contributed by atoms with Crippen LogP contribution in [0.15, 0.2) is 58.1 Å². The number of rotatable bonds is 4. The largest absolute Gasteiger partial charge is 0.337 e. The third kappa shape index (κ3) is 3.82. The van der Waals surface area contributed by atoms with Crippen molar-refractivity contribution in [3.8, 4) is 5.69 Å². The number of nitrogens with zero attached hydrogens (tertiary/aromatic N) is 2. The van der Waals surface area contributed by atoms with Crippen LogP contribution in [0.4, 0.5) is 5.69 Å². The molecule has 1 N–H and O–H groups in total. The van der Waals surface area contributed by atoms with E-state index in [2.05, 4.69) is 5.32 Å². The van der Waals surface area contributed by atoms with Gasteiger partial charge in [-0.3, -0.25) is 14.2 Å². The SMILES string of the molecule is Cc1ccc(NC(=O)Cn2c(=O)n(-c3ccccc3)c(=O)c3c4c(sc32)CCCC4)cc1C. The summed E-state index contributed by atoms with van der Waals surface area (Å²) in [5.74, 6) is -0.300. The van der Waals surface area contributed by atoms with Gasteiger partial charge >= 0.3 is 5.69 Å². The summed E-state index contributed by atoms with van der Waals surface area (Å²) in [6.45, 7) is 3.85. The van der Waals surface area contributed by atoms with Gasteiger partial charge in [0.2, 0.25) is 5.91 Å². The van der Waals surface area contributed by atoms with Crippen molar-refractivity contribution in [2.45, 2.75) is 46.1 Å². The first-order valence-electron chi connectivity index (χ1n) is 11.2. The number of anilines is 1. The average Bonchev–Trinajstić information content (AvgIpc) is 3.20. The summed E-state index contributed by atoms with van der Waals surface area (Å²) >= 11 is 1.48. The lowest BCUT2D eigenvalue weighted by Crippen LogP contribution is -2.40. The predicted molar refractivity (Wildman–Crippen MR) is 133 cm³/mol. The van der Waals surface area contributed by atoms with Crippen LogP contribution in [0.5, 0.6) is 0 Å². The Morgan fingerprint density at radius 3 is 2.52 bits per heavy atom. The lowest BCUT2D eigenvalue weighted by Gasteiger charge is -2.14. The highest BCUT2D eigenvalue weighted by Crippen LogP contribution is 2.34. The Hall–Kier alpha value is -3.45. The average molecular weight is 460 g/mol. The molecule has 1 aliphatic rings. The van der Waals surface area contributed by atoms with Crippen LogP contribution in [-0.2, 0) is 24.2 Å². The Morgan fingerprint density at radius 2 is 1.76 bits per heavy atom. The van der Waals surface area contributed by atoms with E-state index in [1.165, 1.54) is 20.5 Å². The molecule has 2 heterocycles. The van der Waals surface area contributed by atoms with Crippen LogP contribution < -0.4 is 16.6 Å². The van der Waals surface area contributed by atoms with Gasteiger partial charge in [0.25, 0.3) is 5.56 Å². The Kier molecular flexibility index (Phi) is 5.50. The van der Waals surface area contributed by atoms with Gasteiger partial charge in [-0.15, -0.1) is 11.3 Å². The van der Waals surface area contributed by atoms with Gasteiger partial charge in [0, 0.05) is 10.6 Å². The smallest absolute Gasteiger partial charge is 0.325 e. The van der Waals surface area contributed by atoms with E-state index >= 15 is 0 Å². The van der Waals surface area contributed by atoms with Crippen LogP contribution in [-0.4, -0.2) is 15.0 Å². The van der Waals surface area contributed by atoms with E-state index in [1.807, 2.05) is 38.1 Å². The second-order valence-corrected chi connectivity index (χ2v) is 9.67. The van der Waals surface area contributed by atoms with E-state index in [9.17, 15) is 14.4 Å². The topological polar surface area (TPSA) is 73.1 Å². The number of aryl methyl sites for hydroxylation is 4. The highest BCUT2D eigenvalue weighted by molar-refractivity contribution is 7.18. The molecule has 6 nitrogen and oxygen atoms in total. The monoisotopic (exact) mass is 459 g/mol. The molecule has 0 spiro atoms. The van der Waals surface area contributed by atoms with Crippen molar-refractivity contribution in [1.82, 2.24) is 9.13 Å². The molecule has 0 fully saturated rings. The van der Waals surface area contributed by atoms with Gasteiger partial charge in [-0.05, 0) is 80.5 Å². The normalized spacial score (nSPS) is 13.2. The molecule has 33 heavy (non-hydrogen) atoms. The first kappa shape index (κ1) is 21.4. The summed E-state index contributed by atoms with van der Waals surface area (Å²) in [5, 5.41) is 3.49. The molecule has 0 saturated heterocycles. The molecule has 7 heteroatoms. The second-order valence-electron chi connectivity index (χ2n) is 8.58. The fraction of sp³-hybridized carbons (Fsp3) is 0.269. The zero-order valence-corrected chi connectivity index (χ0v) is 19.5. The summed E-state index contributed by atoms with van der Waals surface area (Å²) < 4.78 is 2.66. The number of carbonyl (C=O) groups excluding carboxylic acids is 1. The fourth-order valence-electron chi connectivity index (χ4n) is 4.48. The predicted octanol–water partition coefficient (Wildman–Crippen LogP) is 4.35. The molecule has 2 aromatic carbocycles. The van der Waals surface area contributed by atoms with Crippen LogP contribution >= 0.6 is 11.3 Å². The molecule has 0 aliphatic heterocycles. The van der Waals surface area contributed by atoms with Gasteiger partial charge in [0.05, 0.1) is 11.1 Å². The Balaban J connectivity index is 1.65. The maximum Gasteiger partial charge on any atom is 0.337 e. The van der Waals surface area contributed by atoms with E-state index in [-0.39, 0.29) is 18.0 Å². The van der Waals surface area contributed by atoms with Gasteiger partial charge < -0.3 is 5.32 Å². The molecular formula is C26H25N3O3S. The number of fused-ring (bicyclic) bond motifs is 3. The molecule has 5 rings (SSSR count). The molecule has 0 saturated carbocycles. The van der Waals surface area contributed by atoms with Crippen molar-refractivity contribution in [3.05, 3.63) is 90.9 Å². The number of benzene rings is 2. The maximum atomic E-state index is 13.6. The number of thiophene rings is 1. The lowest BCUT2D eigenvalue weighted by atomic mass is 9.97. The van der Waals surface area contributed by atoms with E-state index in [4.69, 9.17) is 0 Å². The van der Waals surface area contributed by atoms with Crippen molar-refractivity contribution in [1.29, 1.82) is 0 Å². The molecule has 0 radical (unpaired) electrons. The number of carbonyl (C=O) groups is 1. The number of amides is 1. The number of nitrogens with one attached hydrogen (secondary N) is 1. The first-order valence-corrected chi connectivity index (χ1v) is 12.0. The number of hydrogen-bond donors (Lipinski definition) is 1. The van der Waals surface area contributed by atoms with Crippen molar-refractivity contribution in [2.75, 3.05) is 5.32 Å². The molecule has 1 aliphatic carbocycles. The standard InChI is InChI=1S/C26H25N3O3S/c1-16-12-13-18(14-17(16)2)27-22(30)15-28-25-23(20-10-6-7-11-21(20)33-25)24(31)29(26(28)32)19-8-4-3-5-9-19/h3-5,8-9,12-14H,6-7,10-11,15H2,1-2H3,(H,27,30). The van der Waals surface area contributed by atoms with Crippen LogP contribution in [0.3, 0.4) is 0 Å². The molecular weight excluding hydrogens is 434 g/mol. The van der Waals surface area contributed by atoms with Gasteiger partial charge in [-0.1, -0.05) is 24.3 Å². The van der Waals surface area contributed by atoms with Crippen LogP contribution in [0.1, 0.15) is 34.4 Å². The van der Waals surface area contributed by atoms with E-state index < -0.39 is 5.69 Å². The molecule has 2 aromatic heterocycles. The van der Waals surface area contributed by atoms with E-state index in [0.717, 1.165) is 47.3 Å². The number of aromatic nitrogens is 2. The van der Waals surface area contributed by atoms with Crippen molar-refractivity contribution in [3.63, 3.8) is 0 Å². The third-order valence-corrected chi connectivity index (χ3v) is 7.66. The summed E-state index contributed by atoms with van der Waals surface area (Å²) in [6, 6.07) is 14.7. The number of para-hydroxylation sites is 1. The highest BCUT2D eigenvalue weighted by Gasteiger charge is 2.25. The summed E-state index contributed by atoms with van der Waals surface area (Å²) in [4.78, 5) is 41.8.